The normalized spacial score (nSPS) is 10.9. The zero-order valence-electron chi connectivity index (χ0n) is 11.0. The maximum absolute atomic E-state index is 13.2. The third-order valence-electron chi connectivity index (χ3n) is 3.10. The second-order valence-corrected chi connectivity index (χ2v) is 4.83. The van der Waals surface area contributed by atoms with Gasteiger partial charge in [0.2, 0.25) is 0 Å². The van der Waals surface area contributed by atoms with Crippen LogP contribution in [0.2, 0.25) is 0 Å². The fourth-order valence-corrected chi connectivity index (χ4v) is 2.23. The van der Waals surface area contributed by atoms with Crippen LogP contribution in [0.4, 0.5) is 4.39 Å². The highest BCUT2D eigenvalue weighted by Gasteiger charge is 2.07. The number of nitrogens with zero attached hydrogens (tertiary/aromatic N) is 1. The number of aromatic nitrogens is 2. The van der Waals surface area contributed by atoms with Crippen molar-refractivity contribution in [2.24, 2.45) is 0 Å². The monoisotopic (exact) mass is 268 g/mol. The summed E-state index contributed by atoms with van der Waals surface area (Å²) in [5, 5.41) is 0. The molecule has 0 saturated carbocycles. The molecule has 0 unspecified atom stereocenters. The van der Waals surface area contributed by atoms with E-state index in [1.165, 1.54) is 12.1 Å². The second kappa shape index (κ2) is 4.89. The van der Waals surface area contributed by atoms with Crippen molar-refractivity contribution in [2.45, 2.75) is 13.3 Å². The number of aromatic amines is 1. The van der Waals surface area contributed by atoms with Crippen LogP contribution >= 0.6 is 0 Å². The van der Waals surface area contributed by atoms with Gasteiger partial charge in [-0.25, -0.2) is 9.37 Å². The molecule has 0 fully saturated rings. The molecule has 0 aliphatic rings. The third kappa shape index (κ3) is 2.45. The number of hydrogen-bond acceptors (Lipinski definition) is 2. The molecule has 1 N–H and O–H groups in total. The molecule has 0 spiro atoms. The lowest BCUT2D eigenvalue weighted by Gasteiger charge is -1.96. The van der Waals surface area contributed by atoms with Crippen LogP contribution in [-0.2, 0) is 11.2 Å². The minimum Gasteiger partial charge on any atom is -0.338 e. The minimum absolute atomic E-state index is 0.120. The second-order valence-electron chi connectivity index (χ2n) is 4.83. The third-order valence-corrected chi connectivity index (χ3v) is 3.10. The van der Waals surface area contributed by atoms with Gasteiger partial charge in [0.15, 0.2) is 0 Å². The Balaban J connectivity index is 2.04. The largest absolute Gasteiger partial charge is 0.338 e. The van der Waals surface area contributed by atoms with Gasteiger partial charge in [0.05, 0.1) is 11.0 Å². The summed E-state index contributed by atoms with van der Waals surface area (Å²) in [6.45, 7) is 1.56. The summed E-state index contributed by atoms with van der Waals surface area (Å²) in [6.07, 6.45) is 0.407. The predicted octanol–water partition coefficient (Wildman–Crippen LogP) is 3.50. The van der Waals surface area contributed by atoms with E-state index in [0.29, 0.717) is 17.8 Å². The van der Waals surface area contributed by atoms with Crippen LogP contribution in [0.15, 0.2) is 42.5 Å². The molecule has 0 aliphatic heterocycles. The number of Topliss-reactive ketones (excluding diaryl/α,β-unsaturated/α-hetero) is 1. The number of rotatable bonds is 3. The molecule has 2 aromatic carbocycles. The smallest absolute Gasteiger partial charge is 0.138 e. The van der Waals surface area contributed by atoms with Crippen LogP contribution in [0.25, 0.3) is 22.4 Å². The maximum atomic E-state index is 13.2. The molecule has 0 atom stereocenters. The Bertz CT molecular complexity index is 792. The van der Waals surface area contributed by atoms with Crippen molar-refractivity contribution in [3.05, 3.63) is 53.8 Å². The standard InChI is InChI=1S/C16H13FN2O/c1-10(20)7-11-5-6-14-15(8-11)19-16(18-14)12-3-2-4-13(17)9-12/h2-6,8-9H,7H2,1H3,(H,18,19). The summed E-state index contributed by atoms with van der Waals surface area (Å²) in [7, 11) is 0. The molecular weight excluding hydrogens is 255 g/mol. The Labute approximate surface area is 115 Å². The van der Waals surface area contributed by atoms with Gasteiger partial charge >= 0.3 is 0 Å². The van der Waals surface area contributed by atoms with E-state index < -0.39 is 0 Å². The zero-order valence-corrected chi connectivity index (χ0v) is 11.0. The van der Waals surface area contributed by atoms with Gasteiger partial charge in [-0.1, -0.05) is 18.2 Å². The van der Waals surface area contributed by atoms with Gasteiger partial charge in [-0.15, -0.1) is 0 Å². The van der Waals surface area contributed by atoms with Gasteiger partial charge < -0.3 is 4.98 Å². The number of imidazole rings is 1. The number of nitrogens with one attached hydrogen (secondary N) is 1. The maximum Gasteiger partial charge on any atom is 0.138 e. The number of carbonyl (C=O) groups is 1. The first-order valence-corrected chi connectivity index (χ1v) is 6.36. The number of H-pyrrole nitrogens is 1. The lowest BCUT2D eigenvalue weighted by molar-refractivity contribution is -0.116. The van der Waals surface area contributed by atoms with Gasteiger partial charge in [-0.05, 0) is 36.8 Å². The van der Waals surface area contributed by atoms with E-state index >= 15 is 0 Å². The van der Waals surface area contributed by atoms with Crippen molar-refractivity contribution < 1.29 is 9.18 Å². The number of fused-ring (bicyclic) bond motifs is 1. The number of ketones is 1. The summed E-state index contributed by atoms with van der Waals surface area (Å²) in [5.74, 6) is 0.453. The Hall–Kier alpha value is -2.49. The van der Waals surface area contributed by atoms with Crippen LogP contribution in [0.5, 0.6) is 0 Å². The lowest BCUT2D eigenvalue weighted by atomic mass is 10.1. The molecule has 0 aliphatic carbocycles. The van der Waals surface area contributed by atoms with Gasteiger partial charge in [-0.3, -0.25) is 4.79 Å². The molecule has 100 valence electrons. The van der Waals surface area contributed by atoms with Crippen LogP contribution in [0.3, 0.4) is 0 Å². The molecule has 3 nitrogen and oxygen atoms in total. The molecule has 0 bridgehead atoms. The molecule has 1 heterocycles. The van der Waals surface area contributed by atoms with E-state index in [1.807, 2.05) is 18.2 Å². The first-order valence-electron chi connectivity index (χ1n) is 6.36. The summed E-state index contributed by atoms with van der Waals surface area (Å²) in [6, 6.07) is 12.0. The fraction of sp³-hybridized carbons (Fsp3) is 0.125. The highest BCUT2D eigenvalue weighted by Crippen LogP contribution is 2.22. The topological polar surface area (TPSA) is 45.8 Å². The highest BCUT2D eigenvalue weighted by molar-refractivity contribution is 5.83. The van der Waals surface area contributed by atoms with Crippen LogP contribution in [-0.4, -0.2) is 15.8 Å². The Morgan fingerprint density at radius 1 is 1.25 bits per heavy atom. The average molecular weight is 268 g/mol. The molecule has 0 amide bonds. The first kappa shape index (κ1) is 12.5. The van der Waals surface area contributed by atoms with Crippen molar-refractivity contribution >= 4 is 16.8 Å². The van der Waals surface area contributed by atoms with E-state index in [1.54, 1.807) is 19.1 Å². The molecule has 4 heteroatoms. The van der Waals surface area contributed by atoms with Crippen molar-refractivity contribution in [3.63, 3.8) is 0 Å². The number of halogens is 1. The molecule has 0 saturated heterocycles. The summed E-state index contributed by atoms with van der Waals surface area (Å²) >= 11 is 0. The minimum atomic E-state index is -0.291. The van der Waals surface area contributed by atoms with Gasteiger partial charge in [0.25, 0.3) is 0 Å². The van der Waals surface area contributed by atoms with Crippen molar-refractivity contribution in [1.82, 2.24) is 9.97 Å². The van der Waals surface area contributed by atoms with Crippen molar-refractivity contribution in [3.8, 4) is 11.4 Å². The summed E-state index contributed by atoms with van der Waals surface area (Å²) in [4.78, 5) is 18.7. The number of hydrogen-bond donors (Lipinski definition) is 1. The van der Waals surface area contributed by atoms with Gasteiger partial charge in [0.1, 0.15) is 17.4 Å². The number of carbonyl (C=O) groups excluding carboxylic acids is 1. The average Bonchev–Trinajstić information content (AvgIpc) is 2.81. The predicted molar refractivity (Wildman–Crippen MR) is 75.9 cm³/mol. The fourth-order valence-electron chi connectivity index (χ4n) is 2.23. The van der Waals surface area contributed by atoms with E-state index in [4.69, 9.17) is 0 Å². The van der Waals surface area contributed by atoms with Crippen molar-refractivity contribution in [2.75, 3.05) is 0 Å². The Morgan fingerprint density at radius 2 is 2.10 bits per heavy atom. The van der Waals surface area contributed by atoms with Crippen molar-refractivity contribution in [1.29, 1.82) is 0 Å². The quantitative estimate of drug-likeness (QED) is 0.790. The highest BCUT2D eigenvalue weighted by atomic mass is 19.1. The summed E-state index contributed by atoms with van der Waals surface area (Å²) < 4.78 is 13.2. The molecule has 3 aromatic rings. The van der Waals surface area contributed by atoms with E-state index in [0.717, 1.165) is 16.6 Å². The van der Waals surface area contributed by atoms with Crippen LogP contribution < -0.4 is 0 Å². The zero-order chi connectivity index (χ0) is 14.1. The number of benzene rings is 2. The van der Waals surface area contributed by atoms with E-state index in [2.05, 4.69) is 9.97 Å². The Morgan fingerprint density at radius 3 is 2.85 bits per heavy atom. The van der Waals surface area contributed by atoms with Gasteiger partial charge in [-0.2, -0.15) is 0 Å². The van der Waals surface area contributed by atoms with Gasteiger partial charge in [0, 0.05) is 12.0 Å². The first-order chi connectivity index (χ1) is 9.61. The molecule has 3 rings (SSSR count). The van der Waals surface area contributed by atoms with Crippen LogP contribution in [0.1, 0.15) is 12.5 Å². The molecular formula is C16H13FN2O. The van der Waals surface area contributed by atoms with E-state index in [9.17, 15) is 9.18 Å². The molecule has 20 heavy (non-hydrogen) atoms. The lowest BCUT2D eigenvalue weighted by Crippen LogP contribution is -1.95. The molecule has 0 radical (unpaired) electrons. The van der Waals surface area contributed by atoms with E-state index in [-0.39, 0.29) is 11.6 Å². The molecule has 1 aromatic heterocycles. The Kier molecular flexibility index (Phi) is 3.06. The van der Waals surface area contributed by atoms with Crippen LogP contribution in [0, 0.1) is 5.82 Å². The SMILES string of the molecule is CC(=O)Cc1ccc2nc(-c3cccc(F)c3)[nH]c2c1. The summed E-state index contributed by atoms with van der Waals surface area (Å²) in [5.41, 5.74) is 3.30.